The molecule has 3 aromatic carbocycles. The number of hydrogen-bond acceptors (Lipinski definition) is 3. The molecule has 1 unspecified atom stereocenters. The van der Waals surface area contributed by atoms with Crippen LogP contribution in [0.5, 0.6) is 0 Å². The molecule has 1 atom stereocenters. The van der Waals surface area contributed by atoms with Crippen LogP contribution in [0.3, 0.4) is 0 Å². The Labute approximate surface area is 216 Å². The van der Waals surface area contributed by atoms with E-state index in [4.69, 9.17) is 11.6 Å². The van der Waals surface area contributed by atoms with Crippen LogP contribution < -0.4 is 5.32 Å². The number of anilines is 1. The molecule has 4 aromatic rings. The zero-order chi connectivity index (χ0) is 25.7. The summed E-state index contributed by atoms with van der Waals surface area (Å²) in [4.78, 5) is 34.1. The van der Waals surface area contributed by atoms with Crippen LogP contribution in [0.15, 0.2) is 91.1 Å². The van der Waals surface area contributed by atoms with Gasteiger partial charge in [-0.1, -0.05) is 65.7 Å². The Morgan fingerprint density at radius 2 is 1.53 bits per heavy atom. The summed E-state index contributed by atoms with van der Waals surface area (Å²) in [7, 11) is 0. The van der Waals surface area contributed by atoms with E-state index < -0.39 is 6.04 Å². The highest BCUT2D eigenvalue weighted by Gasteiger charge is 2.34. The van der Waals surface area contributed by atoms with Gasteiger partial charge in [0.25, 0.3) is 11.8 Å². The van der Waals surface area contributed by atoms with Crippen molar-refractivity contribution in [2.45, 2.75) is 33.4 Å². The van der Waals surface area contributed by atoms with E-state index in [1.165, 1.54) is 0 Å². The number of rotatable bonds is 7. The van der Waals surface area contributed by atoms with E-state index in [1.807, 2.05) is 69.3 Å². The maximum absolute atomic E-state index is 14.2. The predicted octanol–water partition coefficient (Wildman–Crippen LogP) is 6.68. The Morgan fingerprint density at radius 1 is 0.889 bits per heavy atom. The molecule has 6 heteroatoms. The summed E-state index contributed by atoms with van der Waals surface area (Å²) in [5.41, 5.74) is 5.39. The van der Waals surface area contributed by atoms with Crippen molar-refractivity contribution in [2.24, 2.45) is 0 Å². The minimum absolute atomic E-state index is 0.226. The molecule has 182 valence electrons. The van der Waals surface area contributed by atoms with Gasteiger partial charge in [-0.25, -0.2) is 0 Å². The number of halogens is 1. The maximum Gasteiger partial charge on any atom is 0.255 e. The second-order valence-corrected chi connectivity index (χ2v) is 9.28. The minimum atomic E-state index is -0.963. The fourth-order valence-corrected chi connectivity index (χ4v) is 4.56. The molecule has 0 saturated heterocycles. The van der Waals surface area contributed by atoms with Gasteiger partial charge in [0.05, 0.1) is 5.69 Å². The van der Waals surface area contributed by atoms with Crippen LogP contribution in [0.4, 0.5) is 5.69 Å². The lowest BCUT2D eigenvalue weighted by Gasteiger charge is -2.32. The molecular weight excluding hydrogens is 470 g/mol. The molecule has 0 fully saturated rings. The number of aromatic nitrogens is 1. The van der Waals surface area contributed by atoms with Gasteiger partial charge in [-0.15, -0.1) is 0 Å². The Kier molecular flexibility index (Phi) is 7.81. The summed E-state index contributed by atoms with van der Waals surface area (Å²) in [5, 5.41) is 3.52. The number of nitrogens with zero attached hydrogens (tertiary/aromatic N) is 2. The van der Waals surface area contributed by atoms with Gasteiger partial charge in [-0.05, 0) is 73.9 Å². The average molecular weight is 498 g/mol. The van der Waals surface area contributed by atoms with E-state index in [2.05, 4.69) is 10.3 Å². The number of nitrogens with one attached hydrogen (secondary N) is 1. The number of carbonyl (C=O) groups excluding carboxylic acids is 2. The van der Waals surface area contributed by atoms with Crippen LogP contribution in [0.1, 0.15) is 44.3 Å². The van der Waals surface area contributed by atoms with Crippen LogP contribution in [-0.2, 0) is 11.3 Å². The van der Waals surface area contributed by atoms with E-state index >= 15 is 0 Å². The zero-order valence-electron chi connectivity index (χ0n) is 20.5. The van der Waals surface area contributed by atoms with Gasteiger partial charge in [0.1, 0.15) is 0 Å². The monoisotopic (exact) mass is 497 g/mol. The highest BCUT2D eigenvalue weighted by molar-refractivity contribution is 6.30. The van der Waals surface area contributed by atoms with Gasteiger partial charge in [-0.2, -0.15) is 0 Å². The standard InChI is InChI=1S/C30H28ClN3O2/c1-20-17-21(2)27(22(3)18-20)30(36)34(19-23-9-5-4-6-10-23)28(26-11-7-8-16-32-26)29(35)33-25-14-12-24(31)13-15-25/h4-18,28H,19H2,1-3H3,(H,33,35). The van der Waals surface area contributed by atoms with Gasteiger partial charge < -0.3 is 10.2 Å². The van der Waals surface area contributed by atoms with E-state index in [1.54, 1.807) is 47.5 Å². The fourth-order valence-electron chi connectivity index (χ4n) is 4.44. The first-order chi connectivity index (χ1) is 17.3. The van der Waals surface area contributed by atoms with Crippen molar-refractivity contribution in [2.75, 3.05) is 5.32 Å². The molecule has 1 N–H and O–H groups in total. The second-order valence-electron chi connectivity index (χ2n) is 8.85. The third-order valence-corrected chi connectivity index (χ3v) is 6.24. The molecule has 36 heavy (non-hydrogen) atoms. The van der Waals surface area contributed by atoms with Gasteiger partial charge in [0.15, 0.2) is 6.04 Å². The summed E-state index contributed by atoms with van der Waals surface area (Å²) in [5.74, 6) is -0.585. The third-order valence-electron chi connectivity index (χ3n) is 5.99. The van der Waals surface area contributed by atoms with Gasteiger partial charge in [-0.3, -0.25) is 14.6 Å². The van der Waals surface area contributed by atoms with Gasteiger partial charge in [0.2, 0.25) is 0 Å². The lowest BCUT2D eigenvalue weighted by atomic mass is 9.97. The van der Waals surface area contributed by atoms with Crippen molar-refractivity contribution >= 4 is 29.1 Å². The van der Waals surface area contributed by atoms with Crippen LogP contribution in [0.2, 0.25) is 5.02 Å². The van der Waals surface area contributed by atoms with Crippen molar-refractivity contribution < 1.29 is 9.59 Å². The van der Waals surface area contributed by atoms with E-state index in [9.17, 15) is 9.59 Å². The van der Waals surface area contributed by atoms with Crippen molar-refractivity contribution in [3.05, 3.63) is 130 Å². The number of carbonyl (C=O) groups is 2. The van der Waals surface area contributed by atoms with Crippen molar-refractivity contribution in [1.82, 2.24) is 9.88 Å². The van der Waals surface area contributed by atoms with Gasteiger partial charge >= 0.3 is 0 Å². The molecule has 0 radical (unpaired) electrons. The molecule has 0 aliphatic carbocycles. The lowest BCUT2D eigenvalue weighted by molar-refractivity contribution is -0.121. The van der Waals surface area contributed by atoms with Crippen molar-refractivity contribution in [3.63, 3.8) is 0 Å². The molecule has 1 heterocycles. The molecule has 0 aliphatic heterocycles. The van der Waals surface area contributed by atoms with Gasteiger partial charge in [0, 0.05) is 29.0 Å². The first-order valence-corrected chi connectivity index (χ1v) is 12.1. The third kappa shape index (κ3) is 5.81. The molecule has 1 aromatic heterocycles. The largest absolute Gasteiger partial charge is 0.324 e. The highest BCUT2D eigenvalue weighted by Crippen LogP contribution is 2.28. The van der Waals surface area contributed by atoms with E-state index in [0.29, 0.717) is 22.0 Å². The van der Waals surface area contributed by atoms with E-state index in [-0.39, 0.29) is 18.4 Å². The van der Waals surface area contributed by atoms with E-state index in [0.717, 1.165) is 22.3 Å². The van der Waals surface area contributed by atoms with Crippen LogP contribution in [0.25, 0.3) is 0 Å². The Bertz CT molecular complexity index is 1330. The molecule has 5 nitrogen and oxygen atoms in total. The number of benzene rings is 3. The van der Waals surface area contributed by atoms with Crippen LogP contribution >= 0.6 is 11.6 Å². The summed E-state index contributed by atoms with van der Waals surface area (Å²) in [6, 6.07) is 24.9. The SMILES string of the molecule is Cc1cc(C)c(C(=O)N(Cc2ccccc2)C(C(=O)Nc2ccc(Cl)cc2)c2ccccn2)c(C)c1. The average Bonchev–Trinajstić information content (AvgIpc) is 2.85. The number of amides is 2. The molecule has 4 rings (SSSR count). The number of hydrogen-bond donors (Lipinski definition) is 1. The Hall–Kier alpha value is -3.96. The Morgan fingerprint density at radius 3 is 2.14 bits per heavy atom. The minimum Gasteiger partial charge on any atom is -0.324 e. The highest BCUT2D eigenvalue weighted by atomic mass is 35.5. The summed E-state index contributed by atoms with van der Waals surface area (Å²) in [6.45, 7) is 6.10. The van der Waals surface area contributed by atoms with Crippen molar-refractivity contribution in [1.29, 1.82) is 0 Å². The molecule has 0 bridgehead atoms. The van der Waals surface area contributed by atoms with Crippen LogP contribution in [-0.4, -0.2) is 21.7 Å². The maximum atomic E-state index is 14.2. The molecule has 0 saturated carbocycles. The lowest BCUT2D eigenvalue weighted by Crippen LogP contribution is -2.41. The molecule has 0 aliphatic rings. The van der Waals surface area contributed by atoms with Crippen molar-refractivity contribution in [3.8, 4) is 0 Å². The Balaban J connectivity index is 1.82. The predicted molar refractivity (Wildman–Crippen MR) is 144 cm³/mol. The summed E-state index contributed by atoms with van der Waals surface area (Å²) in [6.07, 6.45) is 1.63. The zero-order valence-corrected chi connectivity index (χ0v) is 21.3. The topological polar surface area (TPSA) is 62.3 Å². The summed E-state index contributed by atoms with van der Waals surface area (Å²) < 4.78 is 0. The number of pyridine rings is 1. The smallest absolute Gasteiger partial charge is 0.255 e. The first-order valence-electron chi connectivity index (χ1n) is 11.7. The molecular formula is C30H28ClN3O2. The first kappa shape index (κ1) is 25.1. The molecule has 2 amide bonds. The second kappa shape index (κ2) is 11.2. The number of aryl methyl sites for hydroxylation is 3. The summed E-state index contributed by atoms with van der Waals surface area (Å²) >= 11 is 6.02. The quantitative estimate of drug-likeness (QED) is 0.309. The molecule has 0 spiro atoms. The fraction of sp³-hybridized carbons (Fsp3) is 0.167. The van der Waals surface area contributed by atoms with Crippen LogP contribution in [0, 0.1) is 20.8 Å². The normalized spacial score (nSPS) is 11.6.